The van der Waals surface area contributed by atoms with Crippen LogP contribution in [0.25, 0.3) is 0 Å². The van der Waals surface area contributed by atoms with E-state index in [0.717, 1.165) is 43.0 Å². The lowest BCUT2D eigenvalue weighted by Crippen LogP contribution is -2.10. The van der Waals surface area contributed by atoms with Gasteiger partial charge in [0.2, 0.25) is 5.88 Å². The van der Waals surface area contributed by atoms with Crippen LogP contribution in [0.15, 0.2) is 12.2 Å². The molecule has 1 aromatic rings. The number of ether oxygens (including phenoxy) is 1. The number of allylic oxidation sites excluding steroid dienone is 1. The zero-order chi connectivity index (χ0) is 14.1. The third kappa shape index (κ3) is 4.89. The van der Waals surface area contributed by atoms with Gasteiger partial charge >= 0.3 is 0 Å². The Hall–Kier alpha value is -1.58. The first-order valence-electron chi connectivity index (χ1n) is 7.08. The molecule has 0 atom stereocenters. The van der Waals surface area contributed by atoms with Crippen molar-refractivity contribution in [2.75, 3.05) is 18.5 Å². The molecule has 0 aliphatic carbocycles. The highest BCUT2D eigenvalue weighted by atomic mass is 16.5. The zero-order valence-electron chi connectivity index (χ0n) is 12.5. The van der Waals surface area contributed by atoms with Gasteiger partial charge in [0.05, 0.1) is 5.56 Å². The van der Waals surface area contributed by atoms with E-state index in [4.69, 9.17) is 4.74 Å². The molecule has 4 heteroatoms. The van der Waals surface area contributed by atoms with E-state index in [2.05, 4.69) is 29.1 Å². The van der Waals surface area contributed by atoms with Crippen molar-refractivity contribution in [2.45, 2.75) is 47.0 Å². The summed E-state index contributed by atoms with van der Waals surface area (Å²) in [6, 6.07) is 0. The van der Waals surface area contributed by atoms with Crippen LogP contribution in [0.4, 0.5) is 5.82 Å². The van der Waals surface area contributed by atoms with Crippen LogP contribution in [0.2, 0.25) is 0 Å². The first kappa shape index (κ1) is 15.5. The van der Waals surface area contributed by atoms with Crippen LogP contribution in [-0.2, 0) is 6.42 Å². The Balaban J connectivity index is 2.94. The average Bonchev–Trinajstić information content (AvgIpc) is 2.41. The monoisotopic (exact) mass is 263 g/mol. The molecular weight excluding hydrogens is 238 g/mol. The molecule has 0 spiro atoms. The van der Waals surface area contributed by atoms with Gasteiger partial charge in [-0.05, 0) is 26.7 Å². The van der Waals surface area contributed by atoms with Crippen LogP contribution < -0.4 is 10.1 Å². The second-order valence-corrected chi connectivity index (χ2v) is 4.48. The quantitative estimate of drug-likeness (QED) is 0.729. The standard InChI is InChI=1S/C15H25N3O/c1-5-8-11-19-15-12(4)14(16-10-7-3)17-13(18-15)9-6-2/h5,8H,6-7,9-11H2,1-4H3,(H,16,17,18)/b8-5+. The summed E-state index contributed by atoms with van der Waals surface area (Å²) in [4.78, 5) is 9.06. The minimum atomic E-state index is 0.549. The maximum absolute atomic E-state index is 5.71. The minimum absolute atomic E-state index is 0.549. The molecule has 0 saturated carbocycles. The molecule has 4 nitrogen and oxygen atoms in total. The molecule has 106 valence electrons. The lowest BCUT2D eigenvalue weighted by molar-refractivity contribution is 0.343. The number of hydrogen-bond donors (Lipinski definition) is 1. The molecule has 0 fully saturated rings. The lowest BCUT2D eigenvalue weighted by atomic mass is 10.2. The SMILES string of the molecule is C/C=C/COc1nc(CCC)nc(NCCC)c1C. The van der Waals surface area contributed by atoms with E-state index in [9.17, 15) is 0 Å². The molecule has 0 aliphatic heterocycles. The number of rotatable bonds is 8. The van der Waals surface area contributed by atoms with Gasteiger partial charge in [-0.3, -0.25) is 0 Å². The maximum Gasteiger partial charge on any atom is 0.222 e. The third-order valence-electron chi connectivity index (χ3n) is 2.72. The van der Waals surface area contributed by atoms with Gasteiger partial charge in [0, 0.05) is 13.0 Å². The molecule has 0 bridgehead atoms. The van der Waals surface area contributed by atoms with E-state index in [1.165, 1.54) is 0 Å². The van der Waals surface area contributed by atoms with Crippen molar-refractivity contribution in [1.82, 2.24) is 9.97 Å². The fourth-order valence-corrected chi connectivity index (χ4v) is 1.65. The molecule has 0 radical (unpaired) electrons. The van der Waals surface area contributed by atoms with Gasteiger partial charge in [0.1, 0.15) is 18.2 Å². The first-order chi connectivity index (χ1) is 9.22. The molecule has 1 rings (SSSR count). The first-order valence-corrected chi connectivity index (χ1v) is 7.08. The third-order valence-corrected chi connectivity index (χ3v) is 2.72. The smallest absolute Gasteiger partial charge is 0.222 e. The highest BCUT2D eigenvalue weighted by molar-refractivity contribution is 5.48. The topological polar surface area (TPSA) is 47.0 Å². The van der Waals surface area contributed by atoms with Crippen molar-refractivity contribution in [1.29, 1.82) is 0 Å². The van der Waals surface area contributed by atoms with Gasteiger partial charge in [-0.25, -0.2) is 4.98 Å². The Morgan fingerprint density at radius 1 is 1.21 bits per heavy atom. The van der Waals surface area contributed by atoms with E-state index < -0.39 is 0 Å². The van der Waals surface area contributed by atoms with E-state index in [1.54, 1.807) is 0 Å². The summed E-state index contributed by atoms with van der Waals surface area (Å²) in [5.41, 5.74) is 0.984. The Labute approximate surface area is 116 Å². The van der Waals surface area contributed by atoms with Crippen molar-refractivity contribution in [3.63, 3.8) is 0 Å². The van der Waals surface area contributed by atoms with E-state index >= 15 is 0 Å². The largest absolute Gasteiger partial charge is 0.473 e. The van der Waals surface area contributed by atoms with Gasteiger partial charge in [0.25, 0.3) is 0 Å². The highest BCUT2D eigenvalue weighted by Crippen LogP contribution is 2.22. The maximum atomic E-state index is 5.71. The number of nitrogens with one attached hydrogen (secondary N) is 1. The van der Waals surface area contributed by atoms with E-state index in [1.807, 2.05) is 26.0 Å². The molecule has 1 N–H and O–H groups in total. The molecule has 0 unspecified atom stereocenters. The highest BCUT2D eigenvalue weighted by Gasteiger charge is 2.11. The van der Waals surface area contributed by atoms with Crippen LogP contribution in [0.5, 0.6) is 5.88 Å². The Morgan fingerprint density at radius 3 is 2.63 bits per heavy atom. The summed E-state index contributed by atoms with van der Waals surface area (Å²) < 4.78 is 5.71. The number of nitrogens with zero attached hydrogens (tertiary/aromatic N) is 2. The van der Waals surface area contributed by atoms with E-state index in [-0.39, 0.29) is 0 Å². The van der Waals surface area contributed by atoms with Crippen LogP contribution in [-0.4, -0.2) is 23.1 Å². The Kier molecular flexibility index (Phi) is 6.93. The van der Waals surface area contributed by atoms with Crippen molar-refractivity contribution in [2.24, 2.45) is 0 Å². The fourth-order valence-electron chi connectivity index (χ4n) is 1.65. The summed E-state index contributed by atoms with van der Waals surface area (Å²) in [6.07, 6.45) is 6.92. The molecule has 1 heterocycles. The number of aryl methyl sites for hydroxylation is 1. The van der Waals surface area contributed by atoms with E-state index in [0.29, 0.717) is 12.5 Å². The summed E-state index contributed by atoms with van der Waals surface area (Å²) >= 11 is 0. The van der Waals surface area contributed by atoms with Gasteiger partial charge in [-0.1, -0.05) is 26.0 Å². The summed E-state index contributed by atoms with van der Waals surface area (Å²) in [7, 11) is 0. The van der Waals surface area contributed by atoms with Crippen molar-refractivity contribution >= 4 is 5.82 Å². The van der Waals surface area contributed by atoms with Crippen LogP contribution in [0, 0.1) is 6.92 Å². The van der Waals surface area contributed by atoms with Crippen molar-refractivity contribution in [3.05, 3.63) is 23.5 Å². The fraction of sp³-hybridized carbons (Fsp3) is 0.600. The van der Waals surface area contributed by atoms with Gasteiger partial charge in [-0.15, -0.1) is 0 Å². The number of hydrogen-bond acceptors (Lipinski definition) is 4. The van der Waals surface area contributed by atoms with Crippen LogP contribution in [0.1, 0.15) is 45.0 Å². The molecule has 0 aromatic carbocycles. The Morgan fingerprint density at radius 2 is 2.00 bits per heavy atom. The molecule has 1 aromatic heterocycles. The predicted octanol–water partition coefficient (Wildman–Crippen LogP) is 3.51. The van der Waals surface area contributed by atoms with Gasteiger partial charge < -0.3 is 10.1 Å². The zero-order valence-corrected chi connectivity index (χ0v) is 12.5. The average molecular weight is 263 g/mol. The Bertz CT molecular complexity index is 416. The summed E-state index contributed by atoms with van der Waals surface area (Å²) in [5, 5.41) is 3.34. The van der Waals surface area contributed by atoms with Crippen LogP contribution in [0.3, 0.4) is 0 Å². The molecule has 19 heavy (non-hydrogen) atoms. The molecule has 0 saturated heterocycles. The predicted molar refractivity (Wildman–Crippen MR) is 79.9 cm³/mol. The lowest BCUT2D eigenvalue weighted by Gasteiger charge is -2.13. The number of aromatic nitrogens is 2. The van der Waals surface area contributed by atoms with Crippen molar-refractivity contribution < 1.29 is 4.74 Å². The summed E-state index contributed by atoms with van der Waals surface area (Å²) in [6.45, 7) is 9.71. The minimum Gasteiger partial charge on any atom is -0.473 e. The van der Waals surface area contributed by atoms with Crippen molar-refractivity contribution in [3.8, 4) is 5.88 Å². The number of anilines is 1. The second kappa shape index (κ2) is 8.51. The molecule has 0 amide bonds. The van der Waals surface area contributed by atoms with Gasteiger partial charge in [0.15, 0.2) is 0 Å². The summed E-state index contributed by atoms with van der Waals surface area (Å²) in [5.74, 6) is 2.44. The normalized spacial score (nSPS) is 10.9. The van der Waals surface area contributed by atoms with Gasteiger partial charge in [-0.2, -0.15) is 4.98 Å². The van der Waals surface area contributed by atoms with Crippen LogP contribution >= 0.6 is 0 Å². The second-order valence-electron chi connectivity index (χ2n) is 4.48. The molecular formula is C15H25N3O. The molecule has 0 aliphatic rings.